The summed E-state index contributed by atoms with van der Waals surface area (Å²) in [6, 6.07) is 5.14. The summed E-state index contributed by atoms with van der Waals surface area (Å²) in [5.41, 5.74) is -0.727. The van der Waals surface area contributed by atoms with Gasteiger partial charge in [0.15, 0.2) is 0 Å². The molecule has 0 saturated heterocycles. The van der Waals surface area contributed by atoms with Crippen LogP contribution in [-0.4, -0.2) is 49.7 Å². The molecule has 0 heterocycles. The summed E-state index contributed by atoms with van der Waals surface area (Å²) < 4.78 is 0. The van der Waals surface area contributed by atoms with Crippen LogP contribution in [0.25, 0.3) is 0 Å². The molecular formula is C8H4CaO4Zr. The molecule has 0 aliphatic heterocycles. The van der Waals surface area contributed by atoms with Crippen molar-refractivity contribution in [2.24, 2.45) is 0 Å². The van der Waals surface area contributed by atoms with E-state index in [1.54, 1.807) is 0 Å². The Morgan fingerprint density at radius 2 is 1.21 bits per heavy atom. The fourth-order valence-electron chi connectivity index (χ4n) is 0.839. The number of hydrogen-bond acceptors (Lipinski definition) is 4. The largest absolute Gasteiger partial charge is 2.00 e. The molecule has 0 aliphatic rings. The van der Waals surface area contributed by atoms with Gasteiger partial charge in [-0.15, -0.1) is 0 Å². The second-order valence-corrected chi connectivity index (χ2v) is 2.12. The Labute approximate surface area is 129 Å². The fraction of sp³-hybridized carbons (Fsp3) is 0. The maximum atomic E-state index is 10.3. The molecule has 0 aliphatic carbocycles. The quantitative estimate of drug-likeness (QED) is 0.593. The van der Waals surface area contributed by atoms with Gasteiger partial charge in [-0.25, -0.2) is 0 Å². The maximum absolute atomic E-state index is 10.3. The average molecular weight is 295 g/mol. The number of benzene rings is 1. The van der Waals surface area contributed by atoms with Crippen molar-refractivity contribution in [3.05, 3.63) is 35.4 Å². The second kappa shape index (κ2) is 7.58. The monoisotopic (exact) mass is 294 g/mol. The normalized spacial score (nSPS) is 8.00. The van der Waals surface area contributed by atoms with E-state index in [2.05, 4.69) is 0 Å². The van der Waals surface area contributed by atoms with Crippen molar-refractivity contribution in [3.8, 4) is 0 Å². The van der Waals surface area contributed by atoms with Crippen LogP contribution < -0.4 is 10.2 Å². The van der Waals surface area contributed by atoms with E-state index in [0.717, 1.165) is 12.1 Å². The third kappa shape index (κ3) is 4.22. The minimum Gasteiger partial charge on any atom is -0.545 e. The molecule has 14 heavy (non-hydrogen) atoms. The molecule has 0 saturated carbocycles. The Morgan fingerprint density at radius 1 is 0.929 bits per heavy atom. The molecule has 6 heteroatoms. The summed E-state index contributed by atoms with van der Waals surface area (Å²) in [6.07, 6.45) is 0. The van der Waals surface area contributed by atoms with E-state index in [1.807, 2.05) is 0 Å². The number of carbonyl (C=O) groups is 2. The Balaban J connectivity index is 0. The van der Waals surface area contributed by atoms with E-state index < -0.39 is 11.9 Å². The first-order chi connectivity index (χ1) is 5.63. The Morgan fingerprint density at radius 3 is 1.43 bits per heavy atom. The van der Waals surface area contributed by atoms with Crippen LogP contribution in [-0.2, 0) is 26.2 Å². The van der Waals surface area contributed by atoms with Gasteiger partial charge in [-0.1, -0.05) is 24.3 Å². The average Bonchev–Trinajstić information content (AvgIpc) is 2.04. The molecular weight excluding hydrogens is 291 g/mol. The fourth-order valence-corrected chi connectivity index (χ4v) is 0.839. The van der Waals surface area contributed by atoms with Gasteiger partial charge in [0.05, 0.1) is 11.9 Å². The molecule has 66 valence electrons. The zero-order valence-corrected chi connectivity index (χ0v) is 11.8. The minimum absolute atomic E-state index is 0. The molecule has 0 N–H and O–H groups in total. The van der Waals surface area contributed by atoms with Crippen molar-refractivity contribution in [1.29, 1.82) is 0 Å². The molecule has 0 amide bonds. The van der Waals surface area contributed by atoms with Crippen molar-refractivity contribution in [2.75, 3.05) is 0 Å². The predicted molar refractivity (Wildman–Crippen MR) is 40.9 cm³/mol. The molecule has 0 aromatic heterocycles. The van der Waals surface area contributed by atoms with E-state index in [-0.39, 0.29) is 75.1 Å². The van der Waals surface area contributed by atoms with Gasteiger partial charge < -0.3 is 19.8 Å². The first-order valence-corrected chi connectivity index (χ1v) is 3.14. The van der Waals surface area contributed by atoms with Gasteiger partial charge in [-0.3, -0.25) is 0 Å². The topological polar surface area (TPSA) is 80.3 Å². The summed E-state index contributed by atoms with van der Waals surface area (Å²) in [5, 5.41) is 20.6. The van der Waals surface area contributed by atoms with Crippen LogP contribution in [0, 0.1) is 0 Å². The first-order valence-electron chi connectivity index (χ1n) is 3.14. The van der Waals surface area contributed by atoms with Crippen molar-refractivity contribution in [3.63, 3.8) is 0 Å². The van der Waals surface area contributed by atoms with E-state index in [4.69, 9.17) is 0 Å². The summed E-state index contributed by atoms with van der Waals surface area (Å²) in [6.45, 7) is 0. The molecule has 1 aromatic rings. The number of aromatic carboxylic acids is 2. The van der Waals surface area contributed by atoms with Crippen LogP contribution >= 0.6 is 0 Å². The van der Waals surface area contributed by atoms with Crippen LogP contribution in [0.5, 0.6) is 0 Å². The zero-order valence-electron chi connectivity index (χ0n) is 7.15. The summed E-state index contributed by atoms with van der Waals surface area (Å²) >= 11 is 0. The van der Waals surface area contributed by atoms with Crippen molar-refractivity contribution in [2.45, 2.75) is 0 Å². The summed E-state index contributed by atoms with van der Waals surface area (Å²) in [7, 11) is 0. The molecule has 0 radical (unpaired) electrons. The number of hydrogen-bond donors (Lipinski definition) is 0. The Kier molecular flexibility index (Phi) is 9.05. The third-order valence-electron chi connectivity index (χ3n) is 1.37. The molecule has 0 spiro atoms. The molecule has 1 aromatic carbocycles. The van der Waals surface area contributed by atoms with E-state index >= 15 is 0 Å². The minimum atomic E-state index is -1.52. The molecule has 0 bridgehead atoms. The van der Waals surface area contributed by atoms with Gasteiger partial charge in [-0.2, -0.15) is 0 Å². The van der Waals surface area contributed by atoms with E-state index in [9.17, 15) is 19.8 Å². The number of carboxylic acid groups (broad SMARTS) is 2. The third-order valence-corrected chi connectivity index (χ3v) is 1.37. The zero-order chi connectivity index (χ0) is 9.14. The molecule has 1 rings (SSSR count). The maximum Gasteiger partial charge on any atom is 2.00 e. The van der Waals surface area contributed by atoms with Crippen LogP contribution in [0.3, 0.4) is 0 Å². The van der Waals surface area contributed by atoms with Crippen molar-refractivity contribution < 1.29 is 46.0 Å². The van der Waals surface area contributed by atoms with Crippen LogP contribution in [0.2, 0.25) is 0 Å². The summed E-state index contributed by atoms with van der Waals surface area (Å²) in [4.78, 5) is 20.6. The number of carbonyl (C=O) groups excluding carboxylic acids is 2. The van der Waals surface area contributed by atoms with Gasteiger partial charge in [-0.05, 0) is 0 Å². The number of carboxylic acids is 2. The van der Waals surface area contributed by atoms with Gasteiger partial charge in [0.25, 0.3) is 0 Å². The van der Waals surface area contributed by atoms with Crippen LogP contribution in [0.4, 0.5) is 0 Å². The van der Waals surface area contributed by atoms with Gasteiger partial charge in [0.1, 0.15) is 0 Å². The summed E-state index contributed by atoms with van der Waals surface area (Å²) in [5.74, 6) is -3.04. The van der Waals surface area contributed by atoms with Gasteiger partial charge >= 0.3 is 37.7 Å². The standard InChI is InChI=1S/C8H6O4.Ca.Zr/c9-7(10)5-3-1-2-4-6(5)8(11)12;;/h1-4H,(H,9,10)(H,11,12);;/q;+2;/p-2. The Hall–Kier alpha value is 0.303. The van der Waals surface area contributed by atoms with Crippen molar-refractivity contribution >= 4 is 49.7 Å². The van der Waals surface area contributed by atoms with E-state index in [0.29, 0.717) is 0 Å². The van der Waals surface area contributed by atoms with Gasteiger partial charge in [0.2, 0.25) is 0 Å². The molecule has 0 fully saturated rings. The molecule has 4 nitrogen and oxygen atoms in total. The SMILES string of the molecule is O=C([O-])c1ccccc1C(=O)[O-].[Ca+2].[Zr]. The molecule has 0 atom stereocenters. The van der Waals surface area contributed by atoms with Gasteiger partial charge in [0, 0.05) is 37.3 Å². The smallest absolute Gasteiger partial charge is 0.545 e. The number of rotatable bonds is 2. The first kappa shape index (κ1) is 16.7. The predicted octanol–water partition coefficient (Wildman–Crippen LogP) is -1.97. The second-order valence-electron chi connectivity index (χ2n) is 2.12. The Bertz CT molecular complexity index is 307. The van der Waals surface area contributed by atoms with Crippen molar-refractivity contribution in [1.82, 2.24) is 0 Å². The van der Waals surface area contributed by atoms with Crippen LogP contribution in [0.15, 0.2) is 24.3 Å². The van der Waals surface area contributed by atoms with Crippen LogP contribution in [0.1, 0.15) is 20.7 Å². The van der Waals surface area contributed by atoms with E-state index in [1.165, 1.54) is 12.1 Å². The molecule has 0 unspecified atom stereocenters.